The topological polar surface area (TPSA) is 102 Å². The molecule has 2 atom stereocenters. The lowest BCUT2D eigenvalue weighted by Crippen LogP contribution is -2.37. The van der Waals surface area contributed by atoms with E-state index in [9.17, 15) is 18.0 Å². The maximum atomic E-state index is 12.5. The van der Waals surface area contributed by atoms with E-state index in [1.807, 2.05) is 61.5 Å². The lowest BCUT2D eigenvalue weighted by atomic mass is 10.1. The second-order valence-corrected chi connectivity index (χ2v) is 9.20. The molecule has 2 unspecified atom stereocenters. The van der Waals surface area contributed by atoms with Gasteiger partial charge in [-0.25, -0.2) is 13.1 Å². The highest BCUT2D eigenvalue weighted by Gasteiger charge is 2.21. The number of hydrogen-bond acceptors (Lipinski definition) is 5. The largest absolute Gasteiger partial charge is 0.453 e. The van der Waals surface area contributed by atoms with Crippen molar-refractivity contribution in [1.29, 1.82) is 0 Å². The first-order valence-electron chi connectivity index (χ1n) is 10.3. The van der Waals surface area contributed by atoms with Gasteiger partial charge in [0.15, 0.2) is 6.10 Å². The van der Waals surface area contributed by atoms with Gasteiger partial charge in [-0.3, -0.25) is 9.59 Å². The molecule has 0 saturated heterocycles. The summed E-state index contributed by atoms with van der Waals surface area (Å²) >= 11 is 0. The molecule has 0 bridgehead atoms. The van der Waals surface area contributed by atoms with E-state index in [0.29, 0.717) is 0 Å². The third kappa shape index (κ3) is 6.15. The van der Waals surface area contributed by atoms with E-state index in [0.717, 1.165) is 16.3 Å². The van der Waals surface area contributed by atoms with E-state index in [-0.39, 0.29) is 23.9 Å². The van der Waals surface area contributed by atoms with Crippen molar-refractivity contribution < 1.29 is 22.7 Å². The highest BCUT2D eigenvalue weighted by Crippen LogP contribution is 2.18. The Labute approximate surface area is 187 Å². The van der Waals surface area contributed by atoms with Crippen molar-refractivity contribution in [3.63, 3.8) is 0 Å². The van der Waals surface area contributed by atoms with E-state index in [2.05, 4.69) is 10.0 Å². The molecule has 0 spiro atoms. The summed E-state index contributed by atoms with van der Waals surface area (Å²) in [6.07, 6.45) is -1.19. The Balaban J connectivity index is 1.47. The van der Waals surface area contributed by atoms with Crippen LogP contribution in [0.4, 0.5) is 0 Å². The molecule has 0 saturated carbocycles. The van der Waals surface area contributed by atoms with Gasteiger partial charge in [0.2, 0.25) is 10.0 Å². The van der Waals surface area contributed by atoms with Crippen LogP contribution < -0.4 is 10.0 Å². The van der Waals surface area contributed by atoms with Crippen LogP contribution in [-0.2, 0) is 24.3 Å². The highest BCUT2D eigenvalue weighted by molar-refractivity contribution is 7.89. The first-order chi connectivity index (χ1) is 15.3. The molecule has 1 amide bonds. The van der Waals surface area contributed by atoms with Gasteiger partial charge in [0.1, 0.15) is 0 Å². The number of nitrogens with one attached hydrogen (secondary N) is 2. The normalized spacial score (nSPS) is 13.3. The number of sulfonamides is 1. The fourth-order valence-electron chi connectivity index (χ4n) is 3.17. The molecule has 0 fully saturated rings. The molecule has 32 heavy (non-hydrogen) atoms. The Morgan fingerprint density at radius 3 is 2.28 bits per heavy atom. The van der Waals surface area contributed by atoms with Gasteiger partial charge < -0.3 is 10.1 Å². The number of carbonyl (C=O) groups excluding carboxylic acids is 2. The Bertz CT molecular complexity index is 1200. The van der Waals surface area contributed by atoms with Gasteiger partial charge in [0.25, 0.3) is 5.91 Å². The number of amides is 1. The summed E-state index contributed by atoms with van der Waals surface area (Å²) in [5.74, 6) is -1.09. The van der Waals surface area contributed by atoms with Crippen LogP contribution in [-0.4, -0.2) is 32.9 Å². The smallest absolute Gasteiger partial charge is 0.307 e. The van der Waals surface area contributed by atoms with Gasteiger partial charge in [-0.1, -0.05) is 60.7 Å². The molecule has 168 valence electrons. The van der Waals surface area contributed by atoms with E-state index in [4.69, 9.17) is 4.74 Å². The molecule has 8 heteroatoms. The van der Waals surface area contributed by atoms with Crippen molar-refractivity contribution in [2.24, 2.45) is 0 Å². The minimum Gasteiger partial charge on any atom is -0.453 e. The number of hydrogen-bond donors (Lipinski definition) is 2. The van der Waals surface area contributed by atoms with E-state index in [1.54, 1.807) is 12.1 Å². The standard InChI is InChI=1S/C24H26N2O5S/c1-17(19-8-4-3-5-9-19)26-24(28)18(2)31-23(27)14-15-25-32(29,30)22-13-12-20-10-6-7-11-21(20)16-22/h3-13,16-18,25H,14-15H2,1-2H3,(H,26,28). The zero-order valence-corrected chi connectivity index (χ0v) is 18.8. The molecule has 7 nitrogen and oxygen atoms in total. The van der Waals surface area contributed by atoms with Crippen LogP contribution in [0.25, 0.3) is 10.8 Å². The number of benzene rings is 3. The molecule has 0 aliphatic rings. The minimum atomic E-state index is -3.78. The summed E-state index contributed by atoms with van der Waals surface area (Å²) in [6, 6.07) is 21.4. The fraction of sp³-hybridized carbons (Fsp3) is 0.250. The predicted octanol–water partition coefficient (Wildman–Crippen LogP) is 3.32. The van der Waals surface area contributed by atoms with Gasteiger partial charge >= 0.3 is 5.97 Å². The van der Waals surface area contributed by atoms with Crippen LogP contribution >= 0.6 is 0 Å². The van der Waals surface area contributed by atoms with Crippen molar-refractivity contribution in [2.45, 2.75) is 37.3 Å². The predicted molar refractivity (Wildman–Crippen MR) is 122 cm³/mol. The first-order valence-corrected chi connectivity index (χ1v) is 11.8. The van der Waals surface area contributed by atoms with Crippen molar-refractivity contribution >= 4 is 32.7 Å². The number of ether oxygens (including phenoxy) is 1. The Kier molecular flexibility index (Phi) is 7.61. The van der Waals surface area contributed by atoms with Crippen molar-refractivity contribution in [3.8, 4) is 0 Å². The third-order valence-electron chi connectivity index (χ3n) is 4.99. The quantitative estimate of drug-likeness (QED) is 0.483. The second-order valence-electron chi connectivity index (χ2n) is 7.43. The first kappa shape index (κ1) is 23.4. The lowest BCUT2D eigenvalue weighted by molar-refractivity contribution is -0.154. The molecular weight excluding hydrogens is 428 g/mol. The number of carbonyl (C=O) groups is 2. The monoisotopic (exact) mass is 454 g/mol. The van der Waals surface area contributed by atoms with Crippen LogP contribution in [0.1, 0.15) is 31.9 Å². The summed E-state index contributed by atoms with van der Waals surface area (Å²) in [7, 11) is -3.78. The SMILES string of the molecule is CC(OC(=O)CCNS(=O)(=O)c1ccc2ccccc2c1)C(=O)NC(C)c1ccccc1. The Hall–Kier alpha value is -3.23. The molecule has 0 aliphatic carbocycles. The van der Waals surface area contributed by atoms with Crippen LogP contribution in [0, 0.1) is 0 Å². The van der Waals surface area contributed by atoms with Gasteiger partial charge in [-0.05, 0) is 42.3 Å². The fourth-order valence-corrected chi connectivity index (χ4v) is 4.24. The Morgan fingerprint density at radius 2 is 1.56 bits per heavy atom. The molecule has 0 heterocycles. The van der Waals surface area contributed by atoms with E-state index < -0.39 is 28.0 Å². The summed E-state index contributed by atoms with van der Waals surface area (Å²) < 4.78 is 32.6. The average Bonchev–Trinajstić information content (AvgIpc) is 2.79. The summed E-state index contributed by atoms with van der Waals surface area (Å²) in [6.45, 7) is 3.18. The molecule has 0 aromatic heterocycles. The number of esters is 1. The van der Waals surface area contributed by atoms with Gasteiger partial charge in [-0.15, -0.1) is 0 Å². The average molecular weight is 455 g/mol. The van der Waals surface area contributed by atoms with Crippen molar-refractivity contribution in [1.82, 2.24) is 10.0 Å². The summed E-state index contributed by atoms with van der Waals surface area (Å²) in [4.78, 5) is 24.5. The molecule has 2 N–H and O–H groups in total. The lowest BCUT2D eigenvalue weighted by Gasteiger charge is -2.18. The second kappa shape index (κ2) is 10.4. The van der Waals surface area contributed by atoms with Gasteiger partial charge in [0, 0.05) is 6.54 Å². The molecule has 0 radical (unpaired) electrons. The molecule has 3 aromatic rings. The molecule has 0 aliphatic heterocycles. The van der Waals surface area contributed by atoms with E-state index in [1.165, 1.54) is 13.0 Å². The maximum absolute atomic E-state index is 12.5. The summed E-state index contributed by atoms with van der Waals surface area (Å²) in [5, 5.41) is 4.53. The highest BCUT2D eigenvalue weighted by atomic mass is 32.2. The zero-order chi connectivity index (χ0) is 23.1. The van der Waals surface area contributed by atoms with Crippen molar-refractivity contribution in [2.75, 3.05) is 6.54 Å². The molecule has 3 rings (SSSR count). The third-order valence-corrected chi connectivity index (χ3v) is 6.45. The maximum Gasteiger partial charge on any atom is 0.307 e. The number of rotatable bonds is 9. The van der Waals surface area contributed by atoms with Gasteiger partial charge in [-0.2, -0.15) is 0 Å². The van der Waals surface area contributed by atoms with Crippen LogP contribution in [0.2, 0.25) is 0 Å². The Morgan fingerprint density at radius 1 is 0.906 bits per heavy atom. The minimum absolute atomic E-state index is 0.118. The molecular formula is C24H26N2O5S. The zero-order valence-electron chi connectivity index (χ0n) is 17.9. The van der Waals surface area contributed by atoms with E-state index >= 15 is 0 Å². The van der Waals surface area contributed by atoms with Crippen LogP contribution in [0.3, 0.4) is 0 Å². The van der Waals surface area contributed by atoms with Crippen LogP contribution in [0.5, 0.6) is 0 Å². The summed E-state index contributed by atoms with van der Waals surface area (Å²) in [5.41, 5.74) is 0.933. The van der Waals surface area contributed by atoms with Crippen LogP contribution in [0.15, 0.2) is 77.7 Å². The molecule has 3 aromatic carbocycles. The van der Waals surface area contributed by atoms with Crippen molar-refractivity contribution in [3.05, 3.63) is 78.4 Å². The number of fused-ring (bicyclic) bond motifs is 1. The van der Waals surface area contributed by atoms with Gasteiger partial charge in [0.05, 0.1) is 17.4 Å².